The van der Waals surface area contributed by atoms with Crippen LogP contribution in [0.3, 0.4) is 0 Å². The Morgan fingerprint density at radius 1 is 1.06 bits per heavy atom. The maximum absolute atomic E-state index is 13.4. The summed E-state index contributed by atoms with van der Waals surface area (Å²) in [5, 5.41) is 0. The highest BCUT2D eigenvalue weighted by atomic mass is 16.7. The molecule has 1 saturated carbocycles. The van der Waals surface area contributed by atoms with Gasteiger partial charge in [-0.15, -0.1) is 0 Å². The second-order valence-electron chi connectivity index (χ2n) is 10.7. The van der Waals surface area contributed by atoms with Crippen LogP contribution in [-0.2, 0) is 28.6 Å². The molecule has 1 aromatic rings. The minimum Gasteiger partial charge on any atom is -0.472 e. The van der Waals surface area contributed by atoms with E-state index in [0.717, 1.165) is 24.0 Å². The van der Waals surface area contributed by atoms with Gasteiger partial charge in [-0.25, -0.2) is 4.79 Å². The number of esters is 2. The van der Waals surface area contributed by atoms with Crippen molar-refractivity contribution >= 4 is 17.7 Å². The molecule has 6 rings (SSSR count). The number of carbonyl (C=O) groups excluding carboxylic acids is 3. The molecule has 5 aliphatic rings. The molecule has 7 atom stereocenters. The van der Waals surface area contributed by atoms with E-state index < -0.39 is 46.1 Å². The molecule has 0 aromatic carbocycles. The van der Waals surface area contributed by atoms with E-state index in [0.29, 0.717) is 0 Å². The maximum Gasteiger partial charge on any atom is 0.331 e. The topological polar surface area (TPSA) is 95.3 Å². The number of hydrogen-bond donors (Lipinski definition) is 0. The molecular weight excluding hydrogens is 412 g/mol. The molecule has 3 fully saturated rings. The van der Waals surface area contributed by atoms with Crippen LogP contribution in [0.5, 0.6) is 0 Å². The molecule has 4 heterocycles. The van der Waals surface area contributed by atoms with Crippen LogP contribution in [0.1, 0.15) is 52.2 Å². The van der Waals surface area contributed by atoms with Crippen LogP contribution in [0.2, 0.25) is 0 Å². The first-order chi connectivity index (χ1) is 15.1. The average molecular weight is 438 g/mol. The predicted molar refractivity (Wildman–Crippen MR) is 110 cm³/mol. The normalized spacial score (nSPS) is 45.9. The van der Waals surface area contributed by atoms with E-state index in [4.69, 9.17) is 18.6 Å². The Labute approximate surface area is 185 Å². The van der Waals surface area contributed by atoms with Crippen molar-refractivity contribution in [2.24, 2.45) is 22.7 Å². The van der Waals surface area contributed by atoms with Gasteiger partial charge in [0.15, 0.2) is 17.5 Å². The lowest BCUT2D eigenvalue weighted by Gasteiger charge is -2.50. The fourth-order valence-electron chi connectivity index (χ4n) is 7.32. The first-order valence-corrected chi connectivity index (χ1v) is 11.1. The molecule has 7 unspecified atom stereocenters. The highest BCUT2D eigenvalue weighted by molar-refractivity contribution is 6.00. The number of cyclic esters (lactones) is 2. The van der Waals surface area contributed by atoms with Crippen molar-refractivity contribution < 1.29 is 33.0 Å². The van der Waals surface area contributed by atoms with Crippen molar-refractivity contribution in [2.45, 2.75) is 63.9 Å². The van der Waals surface area contributed by atoms with E-state index in [-0.39, 0.29) is 17.7 Å². The molecule has 0 bridgehead atoms. The number of ketones is 1. The molecule has 1 spiro atoms. The standard InChI is InChI=1S/C25H26O7/c1-22(2)25-20(32-25)16(26)11-14-15(24(25,4)9-6-17(27)31-22)5-8-23(3)18(14)21(28)30-19(23)13-7-10-29-12-13/h6-7,9-12,15,18-20H,5,8H2,1-4H3. The van der Waals surface area contributed by atoms with Gasteiger partial charge < -0.3 is 18.6 Å². The summed E-state index contributed by atoms with van der Waals surface area (Å²) in [6.45, 7) is 7.70. The van der Waals surface area contributed by atoms with E-state index in [1.807, 2.05) is 19.1 Å². The Morgan fingerprint density at radius 3 is 2.56 bits per heavy atom. The fourth-order valence-corrected chi connectivity index (χ4v) is 7.32. The van der Waals surface area contributed by atoms with E-state index in [9.17, 15) is 14.4 Å². The van der Waals surface area contributed by atoms with Crippen LogP contribution in [0.15, 0.2) is 46.8 Å². The zero-order valence-electron chi connectivity index (χ0n) is 18.5. The number of hydrogen-bond acceptors (Lipinski definition) is 7. The summed E-state index contributed by atoms with van der Waals surface area (Å²) < 4.78 is 23.0. The molecule has 0 N–H and O–H groups in total. The van der Waals surface area contributed by atoms with Crippen molar-refractivity contribution in [2.75, 3.05) is 0 Å². The van der Waals surface area contributed by atoms with Crippen LogP contribution < -0.4 is 0 Å². The van der Waals surface area contributed by atoms with Gasteiger partial charge >= 0.3 is 11.9 Å². The minimum atomic E-state index is -1.01. The van der Waals surface area contributed by atoms with Crippen LogP contribution in [0.25, 0.3) is 0 Å². The Bertz CT molecular complexity index is 1110. The van der Waals surface area contributed by atoms with Gasteiger partial charge in [-0.2, -0.15) is 0 Å². The van der Waals surface area contributed by atoms with Crippen molar-refractivity contribution in [3.63, 3.8) is 0 Å². The van der Waals surface area contributed by atoms with E-state index >= 15 is 0 Å². The van der Waals surface area contributed by atoms with Gasteiger partial charge in [0.25, 0.3) is 0 Å². The van der Waals surface area contributed by atoms with Crippen molar-refractivity contribution in [3.8, 4) is 0 Å². The fraction of sp³-hybridized carbons (Fsp3) is 0.560. The van der Waals surface area contributed by atoms with Gasteiger partial charge in [0, 0.05) is 22.5 Å². The van der Waals surface area contributed by atoms with Crippen LogP contribution in [-0.4, -0.2) is 35.0 Å². The third-order valence-corrected chi connectivity index (χ3v) is 8.80. The largest absolute Gasteiger partial charge is 0.472 e. The first kappa shape index (κ1) is 20.0. The lowest BCUT2D eigenvalue weighted by molar-refractivity contribution is -0.162. The molecule has 2 aliphatic carbocycles. The lowest BCUT2D eigenvalue weighted by Crippen LogP contribution is -2.57. The summed E-state index contributed by atoms with van der Waals surface area (Å²) >= 11 is 0. The summed E-state index contributed by atoms with van der Waals surface area (Å²) in [5.74, 6) is -1.67. The summed E-state index contributed by atoms with van der Waals surface area (Å²) in [4.78, 5) is 39.0. The van der Waals surface area contributed by atoms with Gasteiger partial charge in [-0.05, 0) is 50.3 Å². The smallest absolute Gasteiger partial charge is 0.331 e. The third kappa shape index (κ3) is 2.13. The highest BCUT2D eigenvalue weighted by Gasteiger charge is 2.80. The van der Waals surface area contributed by atoms with E-state index in [1.54, 1.807) is 32.4 Å². The molecule has 7 nitrogen and oxygen atoms in total. The molecule has 32 heavy (non-hydrogen) atoms. The number of furan rings is 1. The molecule has 168 valence electrons. The quantitative estimate of drug-likeness (QED) is 0.489. The zero-order valence-corrected chi connectivity index (χ0v) is 18.5. The van der Waals surface area contributed by atoms with Gasteiger partial charge in [-0.3, -0.25) is 9.59 Å². The monoisotopic (exact) mass is 438 g/mol. The number of ether oxygens (including phenoxy) is 3. The molecular formula is C25H26O7. The average Bonchev–Trinajstić information content (AvgIpc) is 3.23. The van der Waals surface area contributed by atoms with Gasteiger partial charge in [0.05, 0.1) is 18.4 Å². The van der Waals surface area contributed by atoms with E-state index in [2.05, 4.69) is 6.92 Å². The van der Waals surface area contributed by atoms with Crippen LogP contribution >= 0.6 is 0 Å². The van der Waals surface area contributed by atoms with Gasteiger partial charge in [0.2, 0.25) is 0 Å². The molecule has 0 radical (unpaired) electrons. The molecule has 7 heteroatoms. The highest BCUT2D eigenvalue weighted by Crippen LogP contribution is 2.70. The number of fused-ring (bicyclic) bond motifs is 4. The number of epoxide rings is 1. The van der Waals surface area contributed by atoms with Crippen LogP contribution in [0.4, 0.5) is 0 Å². The zero-order chi connectivity index (χ0) is 22.7. The first-order valence-electron chi connectivity index (χ1n) is 11.1. The Balaban J connectivity index is 1.51. The SMILES string of the molecule is CC12CCC3C(=CC(=O)C4OC45C(C)(C)OC(=O)C=CC35C)C1C(=O)OC2c1ccoc1. The van der Waals surface area contributed by atoms with Crippen molar-refractivity contribution in [3.05, 3.63) is 48.0 Å². The Morgan fingerprint density at radius 2 is 1.84 bits per heavy atom. The van der Waals surface area contributed by atoms with E-state index in [1.165, 1.54) is 6.08 Å². The Hall–Kier alpha value is -2.67. The third-order valence-electron chi connectivity index (χ3n) is 8.80. The predicted octanol–water partition coefficient (Wildman–Crippen LogP) is 3.45. The molecule has 0 amide bonds. The van der Waals surface area contributed by atoms with Crippen molar-refractivity contribution in [1.82, 2.24) is 0 Å². The number of carbonyl (C=O) groups is 3. The molecule has 2 saturated heterocycles. The lowest BCUT2D eigenvalue weighted by atomic mass is 9.51. The second kappa shape index (κ2) is 5.81. The Kier molecular flexibility index (Phi) is 3.63. The number of rotatable bonds is 1. The summed E-state index contributed by atoms with van der Waals surface area (Å²) in [7, 11) is 0. The summed E-state index contributed by atoms with van der Waals surface area (Å²) in [5.41, 5.74) is -1.59. The summed E-state index contributed by atoms with van der Waals surface area (Å²) in [6, 6.07) is 1.82. The minimum absolute atomic E-state index is 0.169. The summed E-state index contributed by atoms with van der Waals surface area (Å²) in [6.07, 6.45) is 8.39. The van der Waals surface area contributed by atoms with Crippen LogP contribution in [0, 0.1) is 22.7 Å². The maximum atomic E-state index is 13.4. The van der Waals surface area contributed by atoms with Gasteiger partial charge in [-0.1, -0.05) is 19.9 Å². The molecule has 3 aliphatic heterocycles. The second-order valence-corrected chi connectivity index (χ2v) is 10.7. The van der Waals surface area contributed by atoms with Gasteiger partial charge in [0.1, 0.15) is 11.7 Å². The van der Waals surface area contributed by atoms with Crippen molar-refractivity contribution in [1.29, 1.82) is 0 Å². The molecule has 1 aromatic heterocycles.